The molecule has 1 aromatic rings. The van der Waals surface area contributed by atoms with Crippen LogP contribution in [-0.2, 0) is 16.0 Å². The van der Waals surface area contributed by atoms with Gasteiger partial charge in [0.1, 0.15) is 0 Å². The molecule has 1 saturated carbocycles. The molecule has 0 unspecified atom stereocenters. The van der Waals surface area contributed by atoms with Crippen LogP contribution < -0.4 is 5.32 Å². The lowest BCUT2D eigenvalue weighted by atomic mass is 9.79. The Morgan fingerprint density at radius 3 is 2.39 bits per heavy atom. The van der Waals surface area contributed by atoms with E-state index < -0.39 is 0 Å². The zero-order valence-electron chi connectivity index (χ0n) is 17.6. The van der Waals surface area contributed by atoms with Gasteiger partial charge < -0.3 is 10.1 Å². The minimum absolute atomic E-state index is 0.118. The van der Waals surface area contributed by atoms with Crippen molar-refractivity contribution in [1.29, 1.82) is 0 Å². The molecule has 1 aliphatic carbocycles. The molecule has 1 amide bonds. The standard InChI is InChI=1S/C21H34N4O2S/c1-16-18(17(2)24-20(23-16)28-3)7-8-19(26)22-15-21(9-5-4-6-10-21)25-11-13-27-14-12-25/h4-15H2,1-3H3,(H,22,26). The smallest absolute Gasteiger partial charge is 0.220 e. The Morgan fingerprint density at radius 2 is 1.79 bits per heavy atom. The summed E-state index contributed by atoms with van der Waals surface area (Å²) in [5.41, 5.74) is 3.20. The Morgan fingerprint density at radius 1 is 1.14 bits per heavy atom. The van der Waals surface area contributed by atoms with Crippen molar-refractivity contribution < 1.29 is 9.53 Å². The van der Waals surface area contributed by atoms with E-state index in [2.05, 4.69) is 20.2 Å². The van der Waals surface area contributed by atoms with Crippen molar-refractivity contribution >= 4 is 17.7 Å². The number of hydrogen-bond acceptors (Lipinski definition) is 6. The van der Waals surface area contributed by atoms with E-state index in [4.69, 9.17) is 4.74 Å². The third-order valence-corrected chi connectivity index (χ3v) is 6.81. The quantitative estimate of drug-likeness (QED) is 0.555. The first-order valence-corrected chi connectivity index (χ1v) is 11.7. The number of thioether (sulfide) groups is 1. The largest absolute Gasteiger partial charge is 0.379 e. The SMILES string of the molecule is CSc1nc(C)c(CCC(=O)NCC2(N3CCOCC3)CCCCC2)c(C)n1. The van der Waals surface area contributed by atoms with Crippen LogP contribution in [0.3, 0.4) is 0 Å². The number of hydrogen-bond donors (Lipinski definition) is 1. The van der Waals surface area contributed by atoms with E-state index in [1.807, 2.05) is 20.1 Å². The number of carbonyl (C=O) groups excluding carboxylic acids is 1. The van der Waals surface area contributed by atoms with Gasteiger partial charge in [0.25, 0.3) is 0 Å². The first-order chi connectivity index (χ1) is 13.5. The van der Waals surface area contributed by atoms with Crippen molar-refractivity contribution in [2.45, 2.75) is 69.5 Å². The van der Waals surface area contributed by atoms with E-state index in [9.17, 15) is 4.79 Å². The number of nitrogens with zero attached hydrogens (tertiary/aromatic N) is 3. The van der Waals surface area contributed by atoms with Crippen molar-refractivity contribution in [2.24, 2.45) is 0 Å². The molecule has 0 spiro atoms. The van der Waals surface area contributed by atoms with Crippen LogP contribution in [-0.4, -0.2) is 65.4 Å². The van der Waals surface area contributed by atoms with Crippen molar-refractivity contribution in [3.8, 4) is 0 Å². The summed E-state index contributed by atoms with van der Waals surface area (Å²) in [5, 5.41) is 4.05. The number of rotatable bonds is 7. The number of amides is 1. The lowest BCUT2D eigenvalue weighted by Gasteiger charge is -2.48. The van der Waals surface area contributed by atoms with E-state index in [0.717, 1.165) is 55.0 Å². The Labute approximate surface area is 173 Å². The maximum atomic E-state index is 12.6. The third-order valence-electron chi connectivity index (χ3n) is 6.27. The van der Waals surface area contributed by atoms with Crippen LogP contribution >= 0.6 is 11.8 Å². The van der Waals surface area contributed by atoms with Crippen LogP contribution in [0.15, 0.2) is 5.16 Å². The fourth-order valence-corrected chi connectivity index (χ4v) is 5.06. The first-order valence-electron chi connectivity index (χ1n) is 10.5. The van der Waals surface area contributed by atoms with Gasteiger partial charge in [-0.3, -0.25) is 9.69 Å². The van der Waals surface area contributed by atoms with Gasteiger partial charge in [-0.05, 0) is 44.9 Å². The molecule has 7 heteroatoms. The molecule has 3 rings (SSSR count). The first kappa shape index (κ1) is 21.5. The van der Waals surface area contributed by atoms with E-state index in [1.165, 1.54) is 32.1 Å². The Balaban J connectivity index is 1.56. The number of ether oxygens (including phenoxy) is 1. The average Bonchev–Trinajstić information content (AvgIpc) is 2.73. The summed E-state index contributed by atoms with van der Waals surface area (Å²) in [7, 11) is 0. The highest BCUT2D eigenvalue weighted by Crippen LogP contribution is 2.34. The molecule has 28 heavy (non-hydrogen) atoms. The minimum Gasteiger partial charge on any atom is -0.379 e. The van der Waals surface area contributed by atoms with E-state index >= 15 is 0 Å². The van der Waals surface area contributed by atoms with Gasteiger partial charge in [-0.15, -0.1) is 0 Å². The average molecular weight is 407 g/mol. The number of carbonyl (C=O) groups is 1. The van der Waals surface area contributed by atoms with Crippen LogP contribution in [0.1, 0.15) is 55.5 Å². The zero-order valence-corrected chi connectivity index (χ0v) is 18.4. The predicted molar refractivity (Wildman–Crippen MR) is 113 cm³/mol. The lowest BCUT2D eigenvalue weighted by molar-refractivity contribution is -0.122. The number of aryl methyl sites for hydroxylation is 2. The number of nitrogens with one attached hydrogen (secondary N) is 1. The van der Waals surface area contributed by atoms with Crippen LogP contribution in [0.4, 0.5) is 0 Å². The summed E-state index contributed by atoms with van der Waals surface area (Å²) in [5.74, 6) is 0.131. The highest BCUT2D eigenvalue weighted by molar-refractivity contribution is 7.98. The minimum atomic E-state index is 0.118. The summed E-state index contributed by atoms with van der Waals surface area (Å²) in [4.78, 5) is 24.2. The van der Waals surface area contributed by atoms with Gasteiger partial charge in [0.15, 0.2) is 5.16 Å². The molecule has 0 aromatic carbocycles. The fraction of sp³-hybridized carbons (Fsp3) is 0.762. The molecule has 1 aromatic heterocycles. The zero-order chi connectivity index (χ0) is 20.0. The van der Waals surface area contributed by atoms with Crippen LogP contribution in [0.25, 0.3) is 0 Å². The molecule has 1 aliphatic heterocycles. The molecule has 0 radical (unpaired) electrons. The predicted octanol–water partition coefficient (Wildman–Crippen LogP) is 2.90. The normalized spacial score (nSPS) is 20.1. The molecule has 1 N–H and O–H groups in total. The van der Waals surface area contributed by atoms with Gasteiger partial charge in [-0.1, -0.05) is 31.0 Å². The highest BCUT2D eigenvalue weighted by Gasteiger charge is 2.38. The van der Waals surface area contributed by atoms with Crippen LogP contribution in [0.2, 0.25) is 0 Å². The molecule has 0 atom stereocenters. The third kappa shape index (κ3) is 5.24. The van der Waals surface area contributed by atoms with Gasteiger partial charge >= 0.3 is 0 Å². The second-order valence-electron chi connectivity index (χ2n) is 8.02. The van der Waals surface area contributed by atoms with E-state index in [0.29, 0.717) is 12.8 Å². The Bertz CT molecular complexity index is 647. The van der Waals surface area contributed by atoms with Gasteiger partial charge in [0, 0.05) is 43.0 Å². The van der Waals surface area contributed by atoms with Gasteiger partial charge in [0.05, 0.1) is 13.2 Å². The van der Waals surface area contributed by atoms with Crippen molar-refractivity contribution in [2.75, 3.05) is 39.1 Å². The van der Waals surface area contributed by atoms with Crippen LogP contribution in [0, 0.1) is 13.8 Å². The lowest BCUT2D eigenvalue weighted by Crippen LogP contribution is -2.59. The molecule has 156 valence electrons. The van der Waals surface area contributed by atoms with Crippen LogP contribution in [0.5, 0.6) is 0 Å². The summed E-state index contributed by atoms with van der Waals surface area (Å²) in [6.45, 7) is 8.35. The molecule has 1 saturated heterocycles. The second-order valence-corrected chi connectivity index (χ2v) is 8.79. The summed E-state index contributed by atoms with van der Waals surface area (Å²) < 4.78 is 5.55. The van der Waals surface area contributed by atoms with Crippen molar-refractivity contribution in [3.05, 3.63) is 17.0 Å². The van der Waals surface area contributed by atoms with Crippen molar-refractivity contribution in [1.82, 2.24) is 20.2 Å². The molecule has 6 nitrogen and oxygen atoms in total. The van der Waals surface area contributed by atoms with E-state index in [-0.39, 0.29) is 11.4 Å². The molecule has 2 aliphatic rings. The highest BCUT2D eigenvalue weighted by atomic mass is 32.2. The summed E-state index contributed by atoms with van der Waals surface area (Å²) in [6, 6.07) is 0. The molecule has 0 bridgehead atoms. The molecular weight excluding hydrogens is 372 g/mol. The molecular formula is C21H34N4O2S. The van der Waals surface area contributed by atoms with Crippen molar-refractivity contribution in [3.63, 3.8) is 0 Å². The molecule has 2 fully saturated rings. The van der Waals surface area contributed by atoms with Gasteiger partial charge in [-0.2, -0.15) is 0 Å². The number of aromatic nitrogens is 2. The number of morpholine rings is 1. The Kier molecular flexibility index (Phi) is 7.71. The summed E-state index contributed by atoms with van der Waals surface area (Å²) in [6.07, 6.45) is 9.34. The Hall–Kier alpha value is -1.18. The fourth-order valence-electron chi connectivity index (χ4n) is 4.60. The maximum Gasteiger partial charge on any atom is 0.220 e. The topological polar surface area (TPSA) is 67.4 Å². The summed E-state index contributed by atoms with van der Waals surface area (Å²) >= 11 is 1.55. The van der Waals surface area contributed by atoms with Gasteiger partial charge in [0.2, 0.25) is 5.91 Å². The van der Waals surface area contributed by atoms with E-state index in [1.54, 1.807) is 11.8 Å². The molecule has 2 heterocycles. The van der Waals surface area contributed by atoms with Gasteiger partial charge in [-0.25, -0.2) is 9.97 Å². The second kappa shape index (κ2) is 10.0. The monoisotopic (exact) mass is 406 g/mol. The maximum absolute atomic E-state index is 12.6.